The number of carbonyl (C=O) groups is 2. The van der Waals surface area contributed by atoms with Crippen LogP contribution in [0.3, 0.4) is 0 Å². The molecule has 0 amide bonds. The van der Waals surface area contributed by atoms with Crippen LogP contribution in [0.1, 0.15) is 31.8 Å². The molecule has 0 spiro atoms. The Labute approximate surface area is 294 Å². The van der Waals surface area contributed by atoms with Crippen LogP contribution in [0.5, 0.6) is 0 Å². The molecule has 7 rings (SSSR count). The predicted octanol–water partition coefficient (Wildman–Crippen LogP) is 6.99. The van der Waals surface area contributed by atoms with Crippen molar-refractivity contribution in [2.45, 2.75) is 13.8 Å². The lowest BCUT2D eigenvalue weighted by atomic mass is 10.1. The molecule has 7 aromatic rings. The molecule has 0 radical (unpaired) electrons. The average molecular weight is 695 g/mol. The minimum Gasteiger partial charge on any atom is -0.267 e. The zero-order valence-electron chi connectivity index (χ0n) is 27.0. The monoisotopic (exact) mass is 694 g/mol. The van der Waals surface area contributed by atoms with Gasteiger partial charge < -0.3 is 0 Å². The molecule has 2 N–H and O–H groups in total. The largest absolute Gasteiger partial charge is 0.279 e. The van der Waals surface area contributed by atoms with Crippen LogP contribution in [0.2, 0.25) is 0 Å². The first kappa shape index (κ1) is 32.3. The zero-order valence-corrected chi connectivity index (χ0v) is 28.7. The summed E-state index contributed by atoms with van der Waals surface area (Å²) >= 11 is 2.53. The van der Waals surface area contributed by atoms with Gasteiger partial charge in [0.05, 0.1) is 22.7 Å². The van der Waals surface area contributed by atoms with Gasteiger partial charge in [0.15, 0.2) is 0 Å². The van der Waals surface area contributed by atoms with E-state index in [1.807, 2.05) is 123 Å². The first-order valence-electron chi connectivity index (χ1n) is 15.7. The van der Waals surface area contributed by atoms with Gasteiger partial charge in [-0.25, -0.2) is 20.0 Å². The Hall–Kier alpha value is -6.24. The highest BCUT2D eigenvalue weighted by atomic mass is 32.1. The summed E-state index contributed by atoms with van der Waals surface area (Å²) in [4.78, 5) is 48.7. The van der Waals surface area contributed by atoms with Crippen molar-refractivity contribution in [1.82, 2.24) is 19.6 Å². The number of aromatic nitrogens is 4. The number of rotatable bonds is 6. The Morgan fingerprint density at radius 3 is 1.22 bits per heavy atom. The molecule has 0 atom stereocenters. The third kappa shape index (κ3) is 7.26. The Balaban J connectivity index is 1.25. The maximum Gasteiger partial charge on any atom is 0.279 e. The first-order chi connectivity index (χ1) is 24.4. The van der Waals surface area contributed by atoms with E-state index in [9.17, 15) is 9.59 Å². The Bertz CT molecular complexity index is 2420. The maximum atomic E-state index is 13.9. The molecule has 0 saturated heterocycles. The van der Waals surface area contributed by atoms with Crippen LogP contribution >= 0.6 is 22.7 Å². The third-order valence-corrected chi connectivity index (χ3v) is 9.26. The number of hydrogen-bond donors (Lipinski definition) is 2. The van der Waals surface area contributed by atoms with Crippen molar-refractivity contribution in [2.24, 2.45) is 20.0 Å². The van der Waals surface area contributed by atoms with E-state index in [2.05, 4.69) is 10.2 Å². The van der Waals surface area contributed by atoms with Crippen LogP contribution in [0.4, 0.5) is 22.7 Å². The van der Waals surface area contributed by atoms with Gasteiger partial charge in [-0.1, -0.05) is 95.5 Å². The fraction of sp³-hybridized carbons (Fsp3) is 0.0526. The number of aromatic amines is 2. The third-order valence-electron chi connectivity index (χ3n) is 7.60. The standard InChI is InChI=1S/C38H30N8O2S2/c1-25-13-9-11-19-31(25)41-35-43-45(37(49-35)39-29-15-5-3-6-16-29)33(47)27-21-23-28(24-22-27)34(48)46-38(40-30-17-7-4-8-18-30)50-36(44-46)42-32-20-12-10-14-26(32)2/h3-24H,1-2H3,(H,41,43)(H,42,44). The van der Waals surface area contributed by atoms with Crippen molar-refractivity contribution in [3.8, 4) is 0 Å². The molecule has 246 valence electrons. The molecule has 50 heavy (non-hydrogen) atoms. The van der Waals surface area contributed by atoms with Crippen molar-refractivity contribution >= 4 is 57.2 Å². The van der Waals surface area contributed by atoms with Crippen LogP contribution in [-0.4, -0.2) is 31.4 Å². The molecule has 0 saturated carbocycles. The molecule has 10 nitrogen and oxygen atoms in total. The highest BCUT2D eigenvalue weighted by Crippen LogP contribution is 2.17. The van der Waals surface area contributed by atoms with Gasteiger partial charge in [-0.05, 0) is 85.6 Å². The Morgan fingerprint density at radius 2 is 0.840 bits per heavy atom. The number of carbonyl (C=O) groups excluding carboxylic acids is 2. The van der Waals surface area contributed by atoms with Crippen molar-refractivity contribution in [3.05, 3.63) is 175 Å². The van der Waals surface area contributed by atoms with Crippen molar-refractivity contribution in [1.29, 1.82) is 0 Å². The highest BCUT2D eigenvalue weighted by molar-refractivity contribution is 7.06. The lowest BCUT2D eigenvalue weighted by Gasteiger charge is -2.05. The number of benzene rings is 5. The van der Waals surface area contributed by atoms with Crippen LogP contribution in [0, 0.1) is 13.8 Å². The van der Waals surface area contributed by atoms with E-state index >= 15 is 0 Å². The molecule has 0 aliphatic heterocycles. The smallest absolute Gasteiger partial charge is 0.267 e. The van der Waals surface area contributed by atoms with Gasteiger partial charge in [0.1, 0.15) is 0 Å². The Kier molecular flexibility index (Phi) is 9.36. The second kappa shape index (κ2) is 14.5. The summed E-state index contributed by atoms with van der Waals surface area (Å²) in [6.45, 7) is 3.96. The molecule has 2 aromatic heterocycles. The molecule has 0 bridgehead atoms. The fourth-order valence-electron chi connectivity index (χ4n) is 4.95. The summed E-state index contributed by atoms with van der Waals surface area (Å²) in [5.41, 5.74) is 5.69. The van der Waals surface area contributed by atoms with Crippen molar-refractivity contribution in [3.63, 3.8) is 0 Å². The molecule has 0 aliphatic carbocycles. The molecule has 0 unspecified atom stereocenters. The van der Waals surface area contributed by atoms with E-state index in [1.54, 1.807) is 24.3 Å². The summed E-state index contributed by atoms with van der Waals surface area (Å²) in [7, 11) is 0. The molecule has 0 aliphatic rings. The van der Waals surface area contributed by atoms with Gasteiger partial charge in [0.2, 0.25) is 19.2 Å². The molecule has 2 heterocycles. The van der Waals surface area contributed by atoms with E-state index in [0.29, 0.717) is 41.7 Å². The zero-order chi connectivity index (χ0) is 34.5. The number of para-hydroxylation sites is 4. The van der Waals surface area contributed by atoms with E-state index in [0.717, 1.165) is 22.5 Å². The first-order valence-corrected chi connectivity index (χ1v) is 17.3. The summed E-state index contributed by atoms with van der Waals surface area (Å²) in [6.07, 6.45) is 0. The molecular weight excluding hydrogens is 665 g/mol. The highest BCUT2D eigenvalue weighted by Gasteiger charge is 2.16. The lowest BCUT2D eigenvalue weighted by molar-refractivity contribution is 0.0928. The Morgan fingerprint density at radius 1 is 0.480 bits per heavy atom. The number of nitrogens with zero attached hydrogens (tertiary/aromatic N) is 6. The molecular formula is C38H30N8O2S2. The minimum absolute atomic E-state index is 0.352. The fourth-order valence-corrected chi connectivity index (χ4v) is 6.60. The average Bonchev–Trinajstić information content (AvgIpc) is 3.73. The minimum atomic E-state index is -0.352. The summed E-state index contributed by atoms with van der Waals surface area (Å²) < 4.78 is 2.76. The van der Waals surface area contributed by atoms with Crippen LogP contribution in [0.25, 0.3) is 0 Å². The lowest BCUT2D eigenvalue weighted by Crippen LogP contribution is -2.27. The van der Waals surface area contributed by atoms with E-state index in [4.69, 9.17) is 20.0 Å². The SMILES string of the molecule is Cc1ccccc1N=c1[nH]n(C(=O)c2ccc(C(=O)n3[nH]c(=Nc4ccccc4C)sc3=Nc3ccccc3)cc2)c(=Nc2ccccc2)s1. The summed E-state index contributed by atoms with van der Waals surface area (Å²) in [5.74, 6) is -0.704. The van der Waals surface area contributed by atoms with Gasteiger partial charge in [0.25, 0.3) is 11.8 Å². The maximum absolute atomic E-state index is 13.9. The van der Waals surface area contributed by atoms with Gasteiger partial charge in [0, 0.05) is 11.1 Å². The number of hydrogen-bond acceptors (Lipinski definition) is 8. The van der Waals surface area contributed by atoms with Gasteiger partial charge in [-0.3, -0.25) is 19.8 Å². The summed E-state index contributed by atoms with van der Waals surface area (Å²) in [5, 5.41) is 6.25. The predicted molar refractivity (Wildman–Crippen MR) is 195 cm³/mol. The normalized spacial score (nSPS) is 12.8. The van der Waals surface area contributed by atoms with E-state index in [1.165, 1.54) is 32.0 Å². The number of H-pyrrole nitrogens is 2. The van der Waals surface area contributed by atoms with E-state index in [-0.39, 0.29) is 11.8 Å². The van der Waals surface area contributed by atoms with Crippen LogP contribution in [-0.2, 0) is 0 Å². The van der Waals surface area contributed by atoms with E-state index < -0.39 is 0 Å². The van der Waals surface area contributed by atoms with Crippen molar-refractivity contribution in [2.75, 3.05) is 0 Å². The molecule has 5 aromatic carbocycles. The van der Waals surface area contributed by atoms with Crippen LogP contribution in [0.15, 0.2) is 153 Å². The van der Waals surface area contributed by atoms with Gasteiger partial charge in [-0.2, -0.15) is 9.36 Å². The van der Waals surface area contributed by atoms with Gasteiger partial charge in [-0.15, -0.1) is 0 Å². The molecule has 12 heteroatoms. The number of aryl methyl sites for hydroxylation is 2. The second-order valence-electron chi connectivity index (χ2n) is 11.2. The topological polar surface area (TPSA) is 125 Å². The summed E-state index contributed by atoms with van der Waals surface area (Å²) in [6, 6.07) is 40.9. The van der Waals surface area contributed by atoms with Crippen LogP contribution < -0.4 is 19.2 Å². The quantitative estimate of drug-likeness (QED) is 0.195. The molecule has 0 fully saturated rings. The second-order valence-corrected chi connectivity index (χ2v) is 13.1. The number of nitrogens with one attached hydrogen (secondary N) is 2. The van der Waals surface area contributed by atoms with Crippen molar-refractivity contribution < 1.29 is 9.59 Å². The van der Waals surface area contributed by atoms with Gasteiger partial charge >= 0.3 is 0 Å².